The largest absolute Gasteiger partial charge is 0.508 e. The lowest BCUT2D eigenvalue weighted by molar-refractivity contribution is -0.142. The van der Waals surface area contributed by atoms with Gasteiger partial charge in [-0.15, -0.1) is 0 Å². The molecule has 2 aromatic carbocycles. The first-order valence-corrected chi connectivity index (χ1v) is 8.34. The van der Waals surface area contributed by atoms with E-state index >= 15 is 0 Å². The van der Waals surface area contributed by atoms with Crippen molar-refractivity contribution in [2.24, 2.45) is 5.92 Å². The van der Waals surface area contributed by atoms with Gasteiger partial charge in [-0.05, 0) is 42.3 Å². The van der Waals surface area contributed by atoms with Crippen LogP contribution in [0.4, 0.5) is 10.5 Å². The van der Waals surface area contributed by atoms with Crippen LogP contribution in [0.5, 0.6) is 5.75 Å². The number of rotatable bonds is 4. The molecule has 0 heterocycles. The highest BCUT2D eigenvalue weighted by Gasteiger charge is 2.39. The van der Waals surface area contributed by atoms with Gasteiger partial charge in [-0.2, -0.15) is 0 Å². The number of urea groups is 1. The molecule has 0 saturated carbocycles. The number of hydrogen-bond acceptors (Lipinski definition) is 4. The molecule has 27 heavy (non-hydrogen) atoms. The molecule has 1 aliphatic carbocycles. The number of carbonyl (C=O) groups excluding carboxylic acids is 2. The van der Waals surface area contributed by atoms with E-state index in [1.54, 1.807) is 24.3 Å². The predicted molar refractivity (Wildman–Crippen MR) is 97.7 cm³/mol. The summed E-state index contributed by atoms with van der Waals surface area (Å²) in [4.78, 5) is 35.5. The van der Waals surface area contributed by atoms with Gasteiger partial charge in [0.05, 0.1) is 12.0 Å². The van der Waals surface area contributed by atoms with Crippen LogP contribution in [0.1, 0.15) is 27.5 Å². The highest BCUT2D eigenvalue weighted by molar-refractivity contribution is 5.96. The van der Waals surface area contributed by atoms with Gasteiger partial charge < -0.3 is 26.2 Å². The van der Waals surface area contributed by atoms with E-state index in [4.69, 9.17) is 0 Å². The van der Waals surface area contributed by atoms with Crippen LogP contribution in [0.2, 0.25) is 0 Å². The Labute approximate surface area is 155 Å². The highest BCUT2D eigenvalue weighted by Crippen LogP contribution is 2.40. The van der Waals surface area contributed by atoms with Crippen molar-refractivity contribution >= 4 is 23.6 Å². The second-order valence-corrected chi connectivity index (χ2v) is 6.23. The number of hydrogen-bond donors (Lipinski definition) is 5. The first kappa shape index (κ1) is 18.2. The van der Waals surface area contributed by atoms with Crippen LogP contribution in [0.3, 0.4) is 0 Å². The van der Waals surface area contributed by atoms with Crippen LogP contribution in [-0.4, -0.2) is 35.2 Å². The number of amides is 3. The lowest BCUT2D eigenvalue weighted by Gasteiger charge is -2.19. The van der Waals surface area contributed by atoms with Gasteiger partial charge in [0.1, 0.15) is 5.75 Å². The first-order chi connectivity index (χ1) is 12.9. The minimum Gasteiger partial charge on any atom is -0.508 e. The smallest absolute Gasteiger partial charge is 0.318 e. The van der Waals surface area contributed by atoms with Crippen molar-refractivity contribution < 1.29 is 24.6 Å². The lowest BCUT2D eigenvalue weighted by Crippen LogP contribution is -2.34. The van der Waals surface area contributed by atoms with E-state index in [2.05, 4.69) is 16.0 Å². The lowest BCUT2D eigenvalue weighted by atomic mass is 10.00. The molecule has 0 unspecified atom stereocenters. The molecule has 8 heteroatoms. The van der Waals surface area contributed by atoms with Gasteiger partial charge in [0.2, 0.25) is 0 Å². The van der Waals surface area contributed by atoms with Crippen LogP contribution in [0, 0.1) is 5.92 Å². The second-order valence-electron chi connectivity index (χ2n) is 6.23. The summed E-state index contributed by atoms with van der Waals surface area (Å²) in [5.41, 5.74) is 2.00. The summed E-state index contributed by atoms with van der Waals surface area (Å²) >= 11 is 0. The highest BCUT2D eigenvalue weighted by atomic mass is 16.4. The van der Waals surface area contributed by atoms with E-state index in [-0.39, 0.29) is 18.2 Å². The molecule has 3 amide bonds. The van der Waals surface area contributed by atoms with Crippen molar-refractivity contribution in [3.05, 3.63) is 59.2 Å². The molecule has 3 rings (SSSR count). The molecule has 0 spiro atoms. The SMILES string of the molecule is CNC(=O)Nc1ccc(C(=O)N[C@H]2c3cccc(O)c3C[C@H]2C(=O)O)cc1. The summed E-state index contributed by atoms with van der Waals surface area (Å²) in [6, 6.07) is 9.94. The van der Waals surface area contributed by atoms with Gasteiger partial charge in [-0.3, -0.25) is 9.59 Å². The normalized spacial score (nSPS) is 17.7. The molecule has 2 atom stereocenters. The number of anilines is 1. The molecule has 0 aromatic heterocycles. The number of fused-ring (bicyclic) bond motifs is 1. The number of carbonyl (C=O) groups is 3. The molecule has 5 N–H and O–H groups in total. The molecule has 0 fully saturated rings. The van der Waals surface area contributed by atoms with Crippen molar-refractivity contribution in [1.29, 1.82) is 0 Å². The van der Waals surface area contributed by atoms with Crippen LogP contribution in [0.15, 0.2) is 42.5 Å². The Morgan fingerprint density at radius 2 is 1.78 bits per heavy atom. The Morgan fingerprint density at radius 3 is 2.41 bits per heavy atom. The molecule has 0 saturated heterocycles. The number of phenolic OH excluding ortho intramolecular Hbond substituents is 1. The fourth-order valence-corrected chi connectivity index (χ4v) is 3.19. The van der Waals surface area contributed by atoms with Gasteiger partial charge in [-0.1, -0.05) is 12.1 Å². The van der Waals surface area contributed by atoms with E-state index in [0.717, 1.165) is 0 Å². The van der Waals surface area contributed by atoms with Crippen molar-refractivity contribution in [2.45, 2.75) is 12.5 Å². The van der Waals surface area contributed by atoms with E-state index in [1.807, 2.05) is 0 Å². The minimum absolute atomic E-state index is 0.0279. The summed E-state index contributed by atoms with van der Waals surface area (Å²) in [6.45, 7) is 0. The molecule has 0 bridgehead atoms. The number of carboxylic acid groups (broad SMARTS) is 1. The van der Waals surface area contributed by atoms with Gasteiger partial charge in [0.15, 0.2) is 0 Å². The number of aromatic hydroxyl groups is 1. The number of nitrogens with one attached hydrogen (secondary N) is 3. The molecular weight excluding hydrogens is 350 g/mol. The number of phenols is 1. The Hall–Kier alpha value is -3.55. The zero-order chi connectivity index (χ0) is 19.6. The van der Waals surface area contributed by atoms with E-state index < -0.39 is 23.8 Å². The quantitative estimate of drug-likeness (QED) is 0.562. The maximum Gasteiger partial charge on any atom is 0.318 e. The van der Waals surface area contributed by atoms with Crippen molar-refractivity contribution in [2.75, 3.05) is 12.4 Å². The van der Waals surface area contributed by atoms with Crippen molar-refractivity contribution in [1.82, 2.24) is 10.6 Å². The average Bonchev–Trinajstić information content (AvgIpc) is 3.02. The standard InChI is InChI=1S/C19H19N3O5/c1-20-19(27)21-11-7-5-10(6-8-11)17(24)22-16-12-3-2-4-15(23)13(12)9-14(16)18(25)26/h2-8,14,16,23H,9H2,1H3,(H,22,24)(H,25,26)(H2,20,21,27)/t14-,16+/m1/s1. The summed E-state index contributed by atoms with van der Waals surface area (Å²) < 4.78 is 0. The first-order valence-electron chi connectivity index (χ1n) is 8.34. The maximum absolute atomic E-state index is 12.6. The summed E-state index contributed by atoms with van der Waals surface area (Å²) in [7, 11) is 1.49. The Morgan fingerprint density at radius 1 is 1.07 bits per heavy atom. The van der Waals surface area contributed by atoms with E-state index in [9.17, 15) is 24.6 Å². The van der Waals surface area contributed by atoms with Crippen LogP contribution in [-0.2, 0) is 11.2 Å². The predicted octanol–water partition coefficient (Wildman–Crippen LogP) is 1.87. The Balaban J connectivity index is 1.79. The van der Waals surface area contributed by atoms with Gasteiger partial charge >= 0.3 is 12.0 Å². The fourth-order valence-electron chi connectivity index (χ4n) is 3.19. The molecule has 0 radical (unpaired) electrons. The molecule has 140 valence electrons. The molecule has 0 aliphatic heterocycles. The fraction of sp³-hybridized carbons (Fsp3) is 0.211. The summed E-state index contributed by atoms with van der Waals surface area (Å²) in [6.07, 6.45) is 0.150. The maximum atomic E-state index is 12.6. The molecule has 1 aliphatic rings. The zero-order valence-corrected chi connectivity index (χ0v) is 14.5. The van der Waals surface area contributed by atoms with Gasteiger partial charge in [-0.25, -0.2) is 4.79 Å². The van der Waals surface area contributed by atoms with Crippen LogP contribution in [0.25, 0.3) is 0 Å². The van der Waals surface area contributed by atoms with Crippen molar-refractivity contribution in [3.8, 4) is 5.75 Å². The number of aliphatic carboxylic acids is 1. The average molecular weight is 369 g/mol. The third-order valence-corrected chi connectivity index (χ3v) is 4.58. The van der Waals surface area contributed by atoms with E-state index in [1.165, 1.54) is 25.2 Å². The summed E-state index contributed by atoms with van der Waals surface area (Å²) in [5.74, 6) is -2.30. The van der Waals surface area contributed by atoms with E-state index in [0.29, 0.717) is 22.4 Å². The molecule has 8 nitrogen and oxygen atoms in total. The Kier molecular flexibility index (Phi) is 4.98. The third kappa shape index (κ3) is 3.69. The zero-order valence-electron chi connectivity index (χ0n) is 14.5. The Bertz CT molecular complexity index is 895. The molecule has 2 aromatic rings. The van der Waals surface area contributed by atoms with Crippen LogP contribution >= 0.6 is 0 Å². The topological polar surface area (TPSA) is 128 Å². The number of benzene rings is 2. The summed E-state index contributed by atoms with van der Waals surface area (Å²) in [5, 5.41) is 27.2. The van der Waals surface area contributed by atoms with Crippen LogP contribution < -0.4 is 16.0 Å². The number of carboxylic acids is 1. The minimum atomic E-state index is -1.04. The van der Waals surface area contributed by atoms with Gasteiger partial charge in [0, 0.05) is 23.9 Å². The second kappa shape index (κ2) is 7.36. The van der Waals surface area contributed by atoms with Crippen molar-refractivity contribution in [3.63, 3.8) is 0 Å². The monoisotopic (exact) mass is 369 g/mol. The third-order valence-electron chi connectivity index (χ3n) is 4.58. The van der Waals surface area contributed by atoms with Gasteiger partial charge in [0.25, 0.3) is 5.91 Å². The molecular formula is C19H19N3O5.